The molecule has 4 atom stereocenters. The summed E-state index contributed by atoms with van der Waals surface area (Å²) in [5.74, 6) is -7.29. The maximum absolute atomic E-state index is 13.8. The first-order chi connectivity index (χ1) is 18.4. The second-order valence-electron chi connectivity index (χ2n) is 11.0. The number of anilines is 1. The van der Waals surface area contributed by atoms with Crippen molar-refractivity contribution in [2.45, 2.75) is 37.3 Å². The van der Waals surface area contributed by atoms with Crippen molar-refractivity contribution in [3.8, 4) is 5.75 Å². The van der Waals surface area contributed by atoms with Crippen molar-refractivity contribution in [3.63, 3.8) is 0 Å². The van der Waals surface area contributed by atoms with Crippen LogP contribution in [0.15, 0.2) is 29.0 Å². The van der Waals surface area contributed by atoms with Gasteiger partial charge in [0, 0.05) is 23.2 Å². The highest BCUT2D eigenvalue weighted by molar-refractivity contribution is 6.24. The number of aliphatic hydroxyl groups is 3. The first-order valence-corrected chi connectivity index (χ1v) is 12.9. The quantitative estimate of drug-likeness (QED) is 0.277. The molecule has 4 aliphatic rings. The lowest BCUT2D eigenvalue weighted by Crippen LogP contribution is -2.65. The molecule has 0 bridgehead atoms. The number of aromatic hydroxyl groups is 1. The number of carbonyl (C=O) groups is 4. The van der Waals surface area contributed by atoms with Gasteiger partial charge in [-0.05, 0) is 70.4 Å². The highest BCUT2D eigenvalue weighted by atomic mass is 16.3. The van der Waals surface area contributed by atoms with Gasteiger partial charge in [-0.3, -0.25) is 29.0 Å². The molecule has 7 N–H and O–H groups in total. The van der Waals surface area contributed by atoms with Gasteiger partial charge in [0.15, 0.2) is 11.4 Å². The third-order valence-corrected chi connectivity index (χ3v) is 8.38. The average molecular weight is 541 g/mol. The molecule has 1 aromatic carbocycles. The molecule has 0 radical (unpaired) electrons. The largest absolute Gasteiger partial charge is 0.508 e. The molecule has 1 aliphatic heterocycles. The van der Waals surface area contributed by atoms with Gasteiger partial charge in [-0.1, -0.05) is 0 Å². The third kappa shape index (κ3) is 4.10. The predicted molar refractivity (Wildman–Crippen MR) is 139 cm³/mol. The zero-order valence-corrected chi connectivity index (χ0v) is 21.7. The first-order valence-electron chi connectivity index (χ1n) is 12.9. The third-order valence-electron chi connectivity index (χ3n) is 8.38. The lowest BCUT2D eigenvalue weighted by Gasteiger charge is -2.50. The average Bonchev–Trinajstić information content (AvgIpc) is 3.33. The molecule has 0 aromatic heterocycles. The number of phenolic OH excluding ortho intramolecular Hbond substituents is 1. The Labute approximate surface area is 224 Å². The zero-order valence-electron chi connectivity index (χ0n) is 21.7. The summed E-state index contributed by atoms with van der Waals surface area (Å²) in [5, 5.41) is 47.2. The summed E-state index contributed by atoms with van der Waals surface area (Å²) in [6.07, 6.45) is 2.22. The number of nitrogens with zero attached hydrogens (tertiary/aromatic N) is 2. The monoisotopic (exact) mass is 540 g/mol. The Morgan fingerprint density at radius 3 is 2.44 bits per heavy atom. The van der Waals surface area contributed by atoms with E-state index >= 15 is 0 Å². The Morgan fingerprint density at radius 2 is 1.82 bits per heavy atom. The van der Waals surface area contributed by atoms with Gasteiger partial charge in [-0.2, -0.15) is 0 Å². The molecule has 1 saturated heterocycles. The van der Waals surface area contributed by atoms with Crippen LogP contribution in [0.5, 0.6) is 5.75 Å². The fraction of sp³-hybridized carbons (Fsp3) is 0.481. The van der Waals surface area contributed by atoms with Crippen LogP contribution in [-0.2, 0) is 25.6 Å². The van der Waals surface area contributed by atoms with Crippen LogP contribution in [0.4, 0.5) is 5.69 Å². The van der Waals surface area contributed by atoms with Crippen molar-refractivity contribution in [2.24, 2.45) is 17.6 Å². The Kier molecular flexibility index (Phi) is 6.52. The maximum Gasteiger partial charge on any atom is 0.255 e. The number of Topliss-reactive ketones (excluding diaryl/α,β-unsaturated/α-hetero) is 2. The Bertz CT molecular complexity index is 1360. The van der Waals surface area contributed by atoms with E-state index in [2.05, 4.69) is 5.32 Å². The van der Waals surface area contributed by atoms with Crippen molar-refractivity contribution in [2.75, 3.05) is 39.0 Å². The summed E-state index contributed by atoms with van der Waals surface area (Å²) in [5.41, 5.74) is 2.35. The molecule has 2 amide bonds. The van der Waals surface area contributed by atoms with E-state index in [-0.39, 0.29) is 42.2 Å². The molecule has 5 rings (SSSR count). The van der Waals surface area contributed by atoms with Crippen molar-refractivity contribution in [1.29, 1.82) is 0 Å². The number of rotatable bonds is 5. The van der Waals surface area contributed by atoms with Crippen molar-refractivity contribution in [1.82, 2.24) is 9.80 Å². The van der Waals surface area contributed by atoms with Crippen LogP contribution in [0.1, 0.15) is 30.4 Å². The molecule has 12 nitrogen and oxygen atoms in total. The number of primary amides is 1. The molecular formula is C27H32N4O8. The Hall–Kier alpha value is -3.74. The minimum absolute atomic E-state index is 0.00191. The van der Waals surface area contributed by atoms with E-state index in [1.165, 1.54) is 11.0 Å². The van der Waals surface area contributed by atoms with Crippen LogP contribution < -0.4 is 11.1 Å². The van der Waals surface area contributed by atoms with Gasteiger partial charge in [0.2, 0.25) is 11.7 Å². The van der Waals surface area contributed by atoms with Crippen molar-refractivity contribution >= 4 is 34.8 Å². The maximum atomic E-state index is 13.8. The SMILES string of the molecule is CN(C)[C@@H]1C(=O)C(C(N)=O)=C(O)[C@@]2(O)C(=O)C3=C(O)c4c(O)cc(NC(=O)CN5CCCC5)cc4C[C@H]3C[C@@H]12. The van der Waals surface area contributed by atoms with Gasteiger partial charge in [-0.15, -0.1) is 0 Å². The highest BCUT2D eigenvalue weighted by Gasteiger charge is 2.64. The fourth-order valence-corrected chi connectivity index (χ4v) is 6.69. The van der Waals surface area contributed by atoms with E-state index in [1.54, 1.807) is 20.2 Å². The van der Waals surface area contributed by atoms with Gasteiger partial charge in [0.05, 0.1) is 18.2 Å². The zero-order chi connectivity index (χ0) is 28.4. The number of nitrogens with one attached hydrogen (secondary N) is 1. The predicted octanol–water partition coefficient (Wildman–Crippen LogP) is -0.00170. The van der Waals surface area contributed by atoms with Crippen molar-refractivity contribution < 1.29 is 39.6 Å². The van der Waals surface area contributed by atoms with Crippen molar-refractivity contribution in [3.05, 3.63) is 40.2 Å². The minimum Gasteiger partial charge on any atom is -0.508 e. The van der Waals surface area contributed by atoms with Gasteiger partial charge >= 0.3 is 0 Å². The van der Waals surface area contributed by atoms with E-state index in [0.29, 0.717) is 11.3 Å². The molecule has 2 fully saturated rings. The summed E-state index contributed by atoms with van der Waals surface area (Å²) >= 11 is 0. The highest BCUT2D eigenvalue weighted by Crippen LogP contribution is 2.52. The number of hydrogen-bond acceptors (Lipinski definition) is 10. The number of phenols is 1. The van der Waals surface area contributed by atoms with Gasteiger partial charge in [-0.25, -0.2) is 0 Å². The standard InChI is InChI=1S/C27H32N4O8/c1-30(2)21-15-9-13-7-12-8-14(29-17(33)11-31-5-3-4-6-31)10-16(32)18(12)22(34)19(13)24(36)27(15,39)25(37)20(23(21)35)26(28)38/h8,10,13,15,21,32,34,37,39H,3-7,9,11H2,1-2H3,(H2,28,38)(H,29,33)/t13-,15-,21-,27-/m0/s1. The van der Waals surface area contributed by atoms with E-state index in [9.17, 15) is 39.6 Å². The summed E-state index contributed by atoms with van der Waals surface area (Å²) in [7, 11) is 3.09. The van der Waals surface area contributed by atoms with Crippen LogP contribution >= 0.6 is 0 Å². The van der Waals surface area contributed by atoms with Crippen LogP contribution in [0.25, 0.3) is 5.76 Å². The van der Waals surface area contributed by atoms with Gasteiger partial charge in [0.25, 0.3) is 5.91 Å². The number of aliphatic hydroxyl groups excluding tert-OH is 2. The van der Waals surface area contributed by atoms with E-state index < -0.39 is 58.0 Å². The molecule has 0 spiro atoms. The topological polar surface area (TPSA) is 194 Å². The second-order valence-corrected chi connectivity index (χ2v) is 11.0. The molecule has 39 heavy (non-hydrogen) atoms. The lowest BCUT2D eigenvalue weighted by molar-refractivity contribution is -0.153. The summed E-state index contributed by atoms with van der Waals surface area (Å²) in [6, 6.07) is 1.74. The number of amides is 2. The van der Waals surface area contributed by atoms with Gasteiger partial charge < -0.3 is 31.5 Å². The summed E-state index contributed by atoms with van der Waals surface area (Å²) in [6.45, 7) is 1.90. The number of likely N-dealkylation sites (N-methyl/N-ethyl adjacent to an activating group) is 1. The Balaban J connectivity index is 1.55. The fourth-order valence-electron chi connectivity index (χ4n) is 6.69. The summed E-state index contributed by atoms with van der Waals surface area (Å²) in [4.78, 5) is 55.0. The van der Waals surface area contributed by atoms with E-state index in [4.69, 9.17) is 5.73 Å². The second kappa shape index (κ2) is 9.47. The number of likely N-dealkylation sites (tertiary alicyclic amines) is 1. The number of hydrogen-bond donors (Lipinski definition) is 6. The molecule has 12 heteroatoms. The minimum atomic E-state index is -2.68. The molecule has 3 aliphatic carbocycles. The first kappa shape index (κ1) is 26.9. The number of ketones is 2. The van der Waals surface area contributed by atoms with Crippen LogP contribution in [0.3, 0.4) is 0 Å². The molecule has 1 heterocycles. The Morgan fingerprint density at radius 1 is 1.15 bits per heavy atom. The summed E-state index contributed by atoms with van der Waals surface area (Å²) < 4.78 is 0. The lowest BCUT2D eigenvalue weighted by atomic mass is 9.57. The normalized spacial score (nSPS) is 28.9. The van der Waals surface area contributed by atoms with E-state index in [1.807, 2.05) is 4.90 Å². The van der Waals surface area contributed by atoms with Crippen LogP contribution in [0.2, 0.25) is 0 Å². The van der Waals surface area contributed by atoms with Gasteiger partial charge in [0.1, 0.15) is 22.8 Å². The number of fused-ring (bicyclic) bond motifs is 3. The number of nitrogens with two attached hydrogens (primary N) is 1. The number of benzene rings is 1. The smallest absolute Gasteiger partial charge is 0.255 e. The number of carbonyl (C=O) groups excluding carboxylic acids is 4. The van der Waals surface area contributed by atoms with Crippen LogP contribution in [0, 0.1) is 11.8 Å². The van der Waals surface area contributed by atoms with E-state index in [0.717, 1.165) is 25.9 Å². The molecular weight excluding hydrogens is 508 g/mol. The van der Waals surface area contributed by atoms with Crippen LogP contribution in [-0.4, -0.2) is 99.0 Å². The molecule has 208 valence electrons. The molecule has 1 aromatic rings. The molecule has 1 saturated carbocycles. The molecule has 0 unspecified atom stereocenters.